The Bertz CT molecular complexity index is 697. The third-order valence-corrected chi connectivity index (χ3v) is 4.45. The van der Waals surface area contributed by atoms with Crippen LogP contribution in [0.25, 0.3) is 10.8 Å². The average Bonchev–Trinajstić information content (AvgIpc) is 2.57. The van der Waals surface area contributed by atoms with Crippen LogP contribution in [-0.4, -0.2) is 18.3 Å². The molecule has 0 saturated carbocycles. The van der Waals surface area contributed by atoms with Crippen molar-refractivity contribution in [3.63, 3.8) is 0 Å². The predicted octanol–water partition coefficient (Wildman–Crippen LogP) is 3.42. The van der Waals surface area contributed by atoms with E-state index in [1.807, 2.05) is 27.7 Å². The molecule has 3 rings (SSSR count). The summed E-state index contributed by atoms with van der Waals surface area (Å²) >= 11 is 0. The van der Waals surface area contributed by atoms with Gasteiger partial charge in [0.25, 0.3) is 0 Å². The summed E-state index contributed by atoms with van der Waals surface area (Å²) < 4.78 is 39.4. The molecule has 110 valence electrons. The van der Waals surface area contributed by atoms with E-state index in [0.717, 1.165) is 6.07 Å². The highest BCUT2D eigenvalue weighted by atomic mass is 19.1. The molecule has 1 aliphatic heterocycles. The summed E-state index contributed by atoms with van der Waals surface area (Å²) in [4.78, 5) is 0. The van der Waals surface area contributed by atoms with E-state index >= 15 is 0 Å². The molecule has 0 spiro atoms. The third kappa shape index (κ3) is 2.25. The molecule has 0 amide bonds. The number of rotatable bonds is 1. The lowest BCUT2D eigenvalue weighted by molar-refractivity contribution is 0.00578. The van der Waals surface area contributed by atoms with Crippen molar-refractivity contribution < 1.29 is 18.1 Å². The standard InChI is InChI=1S/C16H17BF2O2/c1-15(2)16(3,4)21-17(20-15)13-7-5-6-11-12(13)8-10(18)9-14(11)19/h5-9H,1-4H3. The minimum atomic E-state index is -0.639. The zero-order valence-corrected chi connectivity index (χ0v) is 12.5. The maximum atomic E-state index is 13.9. The Morgan fingerprint density at radius 1 is 0.905 bits per heavy atom. The van der Waals surface area contributed by atoms with Crippen LogP contribution < -0.4 is 5.46 Å². The van der Waals surface area contributed by atoms with Gasteiger partial charge in [0.05, 0.1) is 11.2 Å². The van der Waals surface area contributed by atoms with Gasteiger partial charge in [-0.3, -0.25) is 0 Å². The van der Waals surface area contributed by atoms with E-state index in [-0.39, 0.29) is 0 Å². The van der Waals surface area contributed by atoms with Crippen LogP contribution in [0.15, 0.2) is 30.3 Å². The largest absolute Gasteiger partial charge is 0.495 e. The average molecular weight is 290 g/mol. The fourth-order valence-corrected chi connectivity index (χ4v) is 2.51. The Morgan fingerprint density at radius 3 is 2.14 bits per heavy atom. The normalized spacial score (nSPS) is 20.2. The van der Waals surface area contributed by atoms with Crippen LogP contribution in [0.2, 0.25) is 0 Å². The Labute approximate surface area is 123 Å². The fraction of sp³-hybridized carbons (Fsp3) is 0.375. The van der Waals surface area contributed by atoms with Gasteiger partial charge in [0, 0.05) is 11.5 Å². The maximum absolute atomic E-state index is 13.9. The van der Waals surface area contributed by atoms with Crippen molar-refractivity contribution in [1.29, 1.82) is 0 Å². The lowest BCUT2D eigenvalue weighted by Crippen LogP contribution is -2.41. The molecule has 0 aromatic heterocycles. The van der Waals surface area contributed by atoms with E-state index in [2.05, 4.69) is 0 Å². The Balaban J connectivity index is 2.15. The van der Waals surface area contributed by atoms with Crippen molar-refractivity contribution in [1.82, 2.24) is 0 Å². The summed E-state index contributed by atoms with van der Waals surface area (Å²) in [6.45, 7) is 7.77. The van der Waals surface area contributed by atoms with E-state index in [1.165, 1.54) is 6.07 Å². The minimum absolute atomic E-state index is 0.364. The second-order valence-electron chi connectivity index (χ2n) is 6.42. The van der Waals surface area contributed by atoms with E-state index in [1.54, 1.807) is 18.2 Å². The SMILES string of the molecule is CC1(C)OB(c2cccc3c(F)cc(F)cc23)OC1(C)C. The van der Waals surface area contributed by atoms with Crippen molar-refractivity contribution in [2.24, 2.45) is 0 Å². The molecule has 1 fully saturated rings. The molecule has 1 aliphatic rings. The molecule has 2 aromatic rings. The van der Waals surface area contributed by atoms with Crippen LogP contribution in [0.3, 0.4) is 0 Å². The van der Waals surface area contributed by atoms with Crippen LogP contribution in [0.5, 0.6) is 0 Å². The first-order valence-electron chi connectivity index (χ1n) is 6.95. The quantitative estimate of drug-likeness (QED) is 0.749. The number of fused-ring (bicyclic) bond motifs is 1. The zero-order chi connectivity index (χ0) is 15.4. The van der Waals surface area contributed by atoms with Crippen LogP contribution in [0.4, 0.5) is 8.78 Å². The Morgan fingerprint density at radius 2 is 1.52 bits per heavy atom. The van der Waals surface area contributed by atoms with Crippen LogP contribution >= 0.6 is 0 Å². The summed E-state index contributed by atoms with van der Waals surface area (Å²) in [6.07, 6.45) is 0. The van der Waals surface area contributed by atoms with E-state index in [4.69, 9.17) is 9.31 Å². The van der Waals surface area contributed by atoms with E-state index < -0.39 is 30.0 Å². The Kier molecular flexibility index (Phi) is 3.12. The molecular formula is C16H17BF2O2. The second kappa shape index (κ2) is 4.52. The molecule has 1 heterocycles. The number of hydrogen-bond donors (Lipinski definition) is 0. The molecule has 0 aliphatic carbocycles. The van der Waals surface area contributed by atoms with Crippen molar-refractivity contribution in [3.8, 4) is 0 Å². The van der Waals surface area contributed by atoms with E-state index in [9.17, 15) is 8.78 Å². The Hall–Kier alpha value is -1.46. The summed E-state index contributed by atoms with van der Waals surface area (Å²) in [5.74, 6) is -1.19. The second-order valence-corrected chi connectivity index (χ2v) is 6.42. The molecule has 0 atom stereocenters. The maximum Gasteiger partial charge on any atom is 0.495 e. The van der Waals surface area contributed by atoms with Crippen molar-refractivity contribution in [3.05, 3.63) is 42.0 Å². The van der Waals surface area contributed by atoms with Gasteiger partial charge in [0.2, 0.25) is 0 Å². The van der Waals surface area contributed by atoms with Gasteiger partial charge >= 0.3 is 7.12 Å². The monoisotopic (exact) mass is 290 g/mol. The topological polar surface area (TPSA) is 18.5 Å². The number of hydrogen-bond acceptors (Lipinski definition) is 2. The predicted molar refractivity (Wildman–Crippen MR) is 79.6 cm³/mol. The molecule has 1 saturated heterocycles. The molecule has 0 unspecified atom stereocenters. The number of benzene rings is 2. The van der Waals surface area contributed by atoms with Gasteiger partial charge in [0.1, 0.15) is 11.6 Å². The molecule has 5 heteroatoms. The summed E-state index contributed by atoms with van der Waals surface area (Å²) in [7, 11) is -0.639. The minimum Gasteiger partial charge on any atom is -0.399 e. The first-order valence-corrected chi connectivity index (χ1v) is 6.95. The highest BCUT2D eigenvalue weighted by molar-refractivity contribution is 6.65. The molecular weight excluding hydrogens is 273 g/mol. The van der Waals surface area contributed by atoms with Crippen molar-refractivity contribution in [2.45, 2.75) is 38.9 Å². The van der Waals surface area contributed by atoms with E-state index in [0.29, 0.717) is 16.2 Å². The molecule has 2 aromatic carbocycles. The highest BCUT2D eigenvalue weighted by Crippen LogP contribution is 2.37. The van der Waals surface area contributed by atoms with Crippen molar-refractivity contribution >= 4 is 23.4 Å². The summed E-state index contributed by atoms with van der Waals surface area (Å²) in [5, 5.41) is 0.845. The first kappa shape index (κ1) is 14.5. The molecule has 0 N–H and O–H groups in total. The molecule has 21 heavy (non-hydrogen) atoms. The van der Waals surface area contributed by atoms with Gasteiger partial charge in [-0.15, -0.1) is 0 Å². The molecule has 0 bridgehead atoms. The lowest BCUT2D eigenvalue weighted by atomic mass is 9.76. The van der Waals surface area contributed by atoms with Gasteiger partial charge in [-0.25, -0.2) is 8.78 Å². The zero-order valence-electron chi connectivity index (χ0n) is 12.5. The number of halogens is 2. The van der Waals surface area contributed by atoms with Gasteiger partial charge in [-0.1, -0.05) is 18.2 Å². The smallest absolute Gasteiger partial charge is 0.399 e. The van der Waals surface area contributed by atoms with Gasteiger partial charge < -0.3 is 9.31 Å². The fourth-order valence-electron chi connectivity index (χ4n) is 2.51. The third-order valence-electron chi connectivity index (χ3n) is 4.45. The van der Waals surface area contributed by atoms with Gasteiger partial charge in [-0.2, -0.15) is 0 Å². The molecule has 2 nitrogen and oxygen atoms in total. The van der Waals surface area contributed by atoms with Crippen molar-refractivity contribution in [2.75, 3.05) is 0 Å². The van der Waals surface area contributed by atoms with Crippen LogP contribution in [-0.2, 0) is 9.31 Å². The van der Waals surface area contributed by atoms with Gasteiger partial charge in [-0.05, 0) is 44.6 Å². The lowest BCUT2D eigenvalue weighted by Gasteiger charge is -2.32. The summed E-state index contributed by atoms with van der Waals surface area (Å²) in [6, 6.07) is 7.33. The summed E-state index contributed by atoms with van der Waals surface area (Å²) in [5.41, 5.74) is -0.346. The highest BCUT2D eigenvalue weighted by Gasteiger charge is 2.52. The first-order chi connectivity index (χ1) is 9.71. The van der Waals surface area contributed by atoms with Crippen LogP contribution in [0, 0.1) is 11.6 Å². The molecule has 0 radical (unpaired) electrons. The van der Waals surface area contributed by atoms with Gasteiger partial charge in [0.15, 0.2) is 0 Å². The van der Waals surface area contributed by atoms with Crippen LogP contribution in [0.1, 0.15) is 27.7 Å².